The van der Waals surface area contributed by atoms with Crippen LogP contribution in [-0.2, 0) is 14.3 Å². The molecule has 0 aliphatic carbocycles. The van der Waals surface area contributed by atoms with Crippen LogP contribution in [0.4, 0.5) is 0 Å². The summed E-state index contributed by atoms with van der Waals surface area (Å²) in [4.78, 5) is 24.6. The molecule has 3 nitrogen and oxygen atoms in total. The molecule has 0 spiro atoms. The molecular formula is C15H17BrO3. The lowest BCUT2D eigenvalue weighted by Crippen LogP contribution is -2.52. The summed E-state index contributed by atoms with van der Waals surface area (Å²) in [5, 5.41) is 0. The smallest absolute Gasteiger partial charge is 0.319 e. The summed E-state index contributed by atoms with van der Waals surface area (Å²) in [6, 6.07) is 7.52. The van der Waals surface area contributed by atoms with Gasteiger partial charge in [-0.3, -0.25) is 9.59 Å². The quantitative estimate of drug-likeness (QED) is 0.584. The van der Waals surface area contributed by atoms with Gasteiger partial charge < -0.3 is 4.74 Å². The van der Waals surface area contributed by atoms with Gasteiger partial charge in [0, 0.05) is 4.47 Å². The van der Waals surface area contributed by atoms with Gasteiger partial charge in [-0.05, 0) is 45.4 Å². The summed E-state index contributed by atoms with van der Waals surface area (Å²) in [5.41, 5.74) is -0.985. The molecule has 19 heavy (non-hydrogen) atoms. The molecule has 1 aliphatic rings. The van der Waals surface area contributed by atoms with Crippen LogP contribution < -0.4 is 0 Å². The lowest BCUT2D eigenvalue weighted by Gasteiger charge is -2.43. The first kappa shape index (κ1) is 14.3. The highest BCUT2D eigenvalue weighted by molar-refractivity contribution is 9.10. The normalized spacial score (nSPS) is 25.0. The Balaban J connectivity index is 2.48. The SMILES string of the molecule is CC1(C)C(=O)OC(c2cccc(Br)c2)C(C)(C)C1=O. The van der Waals surface area contributed by atoms with Crippen molar-refractivity contribution in [3.05, 3.63) is 34.3 Å². The van der Waals surface area contributed by atoms with Gasteiger partial charge in [0.2, 0.25) is 0 Å². The fraction of sp³-hybridized carbons (Fsp3) is 0.467. The lowest BCUT2D eigenvalue weighted by atomic mass is 9.67. The Kier molecular flexibility index (Phi) is 3.33. The number of rotatable bonds is 1. The molecule has 0 N–H and O–H groups in total. The van der Waals surface area contributed by atoms with Crippen molar-refractivity contribution >= 4 is 27.7 Å². The molecule has 1 unspecified atom stereocenters. The first-order valence-corrected chi connectivity index (χ1v) is 6.98. The first-order chi connectivity index (χ1) is 8.67. The van der Waals surface area contributed by atoms with E-state index in [1.165, 1.54) is 0 Å². The maximum Gasteiger partial charge on any atom is 0.319 e. The number of ketones is 1. The molecule has 4 heteroatoms. The van der Waals surface area contributed by atoms with Crippen molar-refractivity contribution in [2.45, 2.75) is 33.8 Å². The Labute approximate surface area is 121 Å². The Morgan fingerprint density at radius 1 is 1.16 bits per heavy atom. The largest absolute Gasteiger partial charge is 0.456 e. The Morgan fingerprint density at radius 2 is 1.79 bits per heavy atom. The summed E-state index contributed by atoms with van der Waals surface area (Å²) in [7, 11) is 0. The van der Waals surface area contributed by atoms with E-state index in [9.17, 15) is 9.59 Å². The summed E-state index contributed by atoms with van der Waals surface area (Å²) < 4.78 is 6.45. The third kappa shape index (κ3) is 2.22. The molecule has 0 amide bonds. The second kappa shape index (κ2) is 4.44. The second-order valence-electron chi connectivity index (χ2n) is 6.02. The van der Waals surface area contributed by atoms with E-state index in [2.05, 4.69) is 15.9 Å². The van der Waals surface area contributed by atoms with E-state index in [1.54, 1.807) is 13.8 Å². The van der Waals surface area contributed by atoms with Crippen molar-refractivity contribution in [2.75, 3.05) is 0 Å². The highest BCUT2D eigenvalue weighted by Gasteiger charge is 2.55. The fourth-order valence-corrected chi connectivity index (χ4v) is 2.99. The number of benzene rings is 1. The molecule has 1 fully saturated rings. The van der Waals surface area contributed by atoms with Gasteiger partial charge in [-0.15, -0.1) is 0 Å². The van der Waals surface area contributed by atoms with E-state index in [-0.39, 0.29) is 5.78 Å². The van der Waals surface area contributed by atoms with Crippen LogP contribution in [0.2, 0.25) is 0 Å². The number of Topliss-reactive ketones (excluding diaryl/α,β-unsaturated/α-hetero) is 1. The van der Waals surface area contributed by atoms with Crippen LogP contribution >= 0.6 is 15.9 Å². The van der Waals surface area contributed by atoms with Gasteiger partial charge in [-0.2, -0.15) is 0 Å². The minimum atomic E-state index is -1.08. The molecule has 1 aromatic rings. The Morgan fingerprint density at radius 3 is 2.37 bits per heavy atom. The molecule has 1 heterocycles. The molecule has 0 aromatic heterocycles. The third-order valence-electron chi connectivity index (χ3n) is 3.69. The van der Waals surface area contributed by atoms with Gasteiger partial charge in [-0.25, -0.2) is 0 Å². The van der Waals surface area contributed by atoms with Crippen molar-refractivity contribution in [1.82, 2.24) is 0 Å². The summed E-state index contributed by atoms with van der Waals surface area (Å²) in [6.45, 7) is 6.90. The molecule has 1 atom stereocenters. The van der Waals surface area contributed by atoms with E-state index in [0.29, 0.717) is 0 Å². The summed E-state index contributed by atoms with van der Waals surface area (Å²) in [6.07, 6.45) is -0.543. The van der Waals surface area contributed by atoms with Gasteiger partial charge in [0.1, 0.15) is 11.5 Å². The van der Waals surface area contributed by atoms with Crippen LogP contribution in [0.1, 0.15) is 39.4 Å². The van der Waals surface area contributed by atoms with Crippen molar-refractivity contribution in [2.24, 2.45) is 10.8 Å². The number of carbonyl (C=O) groups is 2. The zero-order valence-electron chi connectivity index (χ0n) is 11.5. The van der Waals surface area contributed by atoms with Gasteiger partial charge in [0.25, 0.3) is 0 Å². The molecule has 0 bridgehead atoms. The topological polar surface area (TPSA) is 43.4 Å². The molecule has 2 rings (SSSR count). The van der Waals surface area contributed by atoms with Crippen LogP contribution in [0.5, 0.6) is 0 Å². The number of carbonyl (C=O) groups excluding carboxylic acids is 2. The van der Waals surface area contributed by atoms with Crippen LogP contribution in [0.3, 0.4) is 0 Å². The minimum Gasteiger partial charge on any atom is -0.456 e. The molecule has 1 saturated heterocycles. The number of hydrogen-bond donors (Lipinski definition) is 0. The van der Waals surface area contributed by atoms with Crippen molar-refractivity contribution < 1.29 is 14.3 Å². The van der Waals surface area contributed by atoms with Gasteiger partial charge >= 0.3 is 5.97 Å². The predicted octanol–water partition coefficient (Wildman–Crippen LogP) is 3.67. The average Bonchev–Trinajstić information content (AvgIpc) is 2.32. The van der Waals surface area contributed by atoms with Crippen LogP contribution in [0.25, 0.3) is 0 Å². The number of halogens is 1. The van der Waals surface area contributed by atoms with E-state index < -0.39 is 22.9 Å². The maximum absolute atomic E-state index is 12.5. The number of cyclic esters (lactones) is 1. The molecule has 1 aromatic carbocycles. The van der Waals surface area contributed by atoms with Gasteiger partial charge in [0.15, 0.2) is 5.78 Å². The van der Waals surface area contributed by atoms with E-state index in [1.807, 2.05) is 38.1 Å². The van der Waals surface area contributed by atoms with E-state index in [4.69, 9.17) is 4.74 Å². The summed E-state index contributed by atoms with van der Waals surface area (Å²) >= 11 is 3.39. The van der Waals surface area contributed by atoms with Gasteiger partial charge in [0.05, 0.1) is 5.41 Å². The van der Waals surface area contributed by atoms with Crippen molar-refractivity contribution in [1.29, 1.82) is 0 Å². The zero-order chi connectivity index (χ0) is 14.4. The van der Waals surface area contributed by atoms with Crippen LogP contribution in [-0.4, -0.2) is 11.8 Å². The highest BCUT2D eigenvalue weighted by Crippen LogP contribution is 2.47. The third-order valence-corrected chi connectivity index (χ3v) is 4.19. The molecule has 1 aliphatic heterocycles. The molecule has 102 valence electrons. The number of hydrogen-bond acceptors (Lipinski definition) is 3. The number of ether oxygens (including phenoxy) is 1. The Bertz CT molecular complexity index is 546. The van der Waals surface area contributed by atoms with Crippen molar-refractivity contribution in [3.8, 4) is 0 Å². The molecule has 0 radical (unpaired) electrons. The monoisotopic (exact) mass is 324 g/mol. The molecule has 0 saturated carbocycles. The van der Waals surface area contributed by atoms with Crippen molar-refractivity contribution in [3.63, 3.8) is 0 Å². The first-order valence-electron chi connectivity index (χ1n) is 6.19. The fourth-order valence-electron chi connectivity index (χ4n) is 2.57. The molecular weight excluding hydrogens is 308 g/mol. The van der Waals surface area contributed by atoms with E-state index in [0.717, 1.165) is 10.0 Å². The highest BCUT2D eigenvalue weighted by atomic mass is 79.9. The lowest BCUT2D eigenvalue weighted by molar-refractivity contribution is -0.186. The number of esters is 1. The minimum absolute atomic E-state index is 0.0822. The van der Waals surface area contributed by atoms with Gasteiger partial charge in [-0.1, -0.05) is 28.1 Å². The second-order valence-corrected chi connectivity index (χ2v) is 6.93. The average molecular weight is 325 g/mol. The van der Waals surface area contributed by atoms with Crippen LogP contribution in [0.15, 0.2) is 28.7 Å². The summed E-state index contributed by atoms with van der Waals surface area (Å²) in [5.74, 6) is -0.539. The van der Waals surface area contributed by atoms with E-state index >= 15 is 0 Å². The predicted molar refractivity (Wildman–Crippen MR) is 75.5 cm³/mol. The zero-order valence-corrected chi connectivity index (χ0v) is 13.1. The van der Waals surface area contributed by atoms with Crippen LogP contribution in [0, 0.1) is 10.8 Å². The maximum atomic E-state index is 12.5. The standard InChI is InChI=1S/C15H17BrO3/c1-14(2)11(9-6-5-7-10(16)8-9)19-13(18)15(3,4)12(14)17/h5-8,11H,1-4H3. The Hall–Kier alpha value is -1.16.